The summed E-state index contributed by atoms with van der Waals surface area (Å²) in [6.07, 6.45) is 1.76. The molecule has 0 aliphatic carbocycles. The van der Waals surface area contributed by atoms with E-state index in [4.69, 9.17) is 9.47 Å². The normalized spacial score (nSPS) is 10.3. The summed E-state index contributed by atoms with van der Waals surface area (Å²) in [4.78, 5) is 4.28. The minimum Gasteiger partial charge on any atom is -0.497 e. The number of nitrogens with zero attached hydrogens (tertiary/aromatic N) is 1. The Kier molecular flexibility index (Phi) is 5.22. The molecule has 0 radical (unpaired) electrons. The van der Waals surface area contributed by atoms with E-state index in [1.54, 1.807) is 13.3 Å². The largest absolute Gasteiger partial charge is 0.497 e. The second-order valence-corrected chi connectivity index (χ2v) is 5.34. The number of rotatable bonds is 5. The number of hydrogen-bond donors (Lipinski definition) is 0. The van der Waals surface area contributed by atoms with Crippen molar-refractivity contribution in [3.8, 4) is 11.5 Å². The van der Waals surface area contributed by atoms with Gasteiger partial charge < -0.3 is 9.47 Å². The van der Waals surface area contributed by atoms with E-state index in [-0.39, 0.29) is 0 Å². The number of hydrogen-bond acceptors (Lipinski definition) is 3. The van der Waals surface area contributed by atoms with E-state index in [2.05, 4.69) is 36.8 Å². The molecule has 2 rings (SSSR count). The molecule has 0 saturated heterocycles. The van der Waals surface area contributed by atoms with Crippen molar-refractivity contribution in [3.63, 3.8) is 0 Å². The monoisotopic (exact) mass is 385 g/mol. The summed E-state index contributed by atoms with van der Waals surface area (Å²) >= 11 is 6.81. The van der Waals surface area contributed by atoms with E-state index in [0.29, 0.717) is 6.61 Å². The minimum absolute atomic E-state index is 0.431. The molecule has 100 valence electrons. The van der Waals surface area contributed by atoms with Crippen molar-refractivity contribution in [2.45, 2.75) is 11.9 Å². The third-order valence-corrected chi connectivity index (χ3v) is 3.66. The lowest BCUT2D eigenvalue weighted by Gasteiger charge is -2.11. The van der Waals surface area contributed by atoms with Crippen LogP contribution in [0.4, 0.5) is 0 Å². The Morgan fingerprint density at radius 1 is 1.21 bits per heavy atom. The van der Waals surface area contributed by atoms with Crippen LogP contribution in [0.15, 0.2) is 41.0 Å². The number of alkyl halides is 1. The molecule has 2 aromatic rings. The highest BCUT2D eigenvalue weighted by molar-refractivity contribution is 9.10. The van der Waals surface area contributed by atoms with Crippen molar-refractivity contribution in [1.29, 1.82) is 0 Å². The molecule has 1 aromatic heterocycles. The van der Waals surface area contributed by atoms with Crippen molar-refractivity contribution in [1.82, 2.24) is 4.98 Å². The Bertz CT molecular complexity index is 544. The highest BCUT2D eigenvalue weighted by atomic mass is 79.9. The van der Waals surface area contributed by atoms with Crippen LogP contribution in [-0.2, 0) is 11.9 Å². The van der Waals surface area contributed by atoms with Crippen molar-refractivity contribution >= 4 is 31.9 Å². The third-order valence-electron chi connectivity index (χ3n) is 2.58. The van der Waals surface area contributed by atoms with Gasteiger partial charge in [0.05, 0.1) is 12.8 Å². The molecule has 0 aliphatic rings. The quantitative estimate of drug-likeness (QED) is 0.716. The molecule has 0 spiro atoms. The van der Waals surface area contributed by atoms with Gasteiger partial charge in [0, 0.05) is 27.6 Å². The van der Waals surface area contributed by atoms with Crippen molar-refractivity contribution in [2.24, 2.45) is 0 Å². The summed E-state index contributed by atoms with van der Waals surface area (Å²) in [7, 11) is 1.64. The van der Waals surface area contributed by atoms with Gasteiger partial charge in [0.1, 0.15) is 18.1 Å². The van der Waals surface area contributed by atoms with E-state index in [1.165, 1.54) is 0 Å². The van der Waals surface area contributed by atoms with Gasteiger partial charge in [-0.1, -0.05) is 22.0 Å². The van der Waals surface area contributed by atoms with Gasteiger partial charge in [-0.05, 0) is 34.1 Å². The van der Waals surface area contributed by atoms with Gasteiger partial charge in [-0.3, -0.25) is 4.98 Å². The summed E-state index contributed by atoms with van der Waals surface area (Å²) in [5.74, 6) is 1.59. The number of ether oxygens (including phenoxy) is 2. The van der Waals surface area contributed by atoms with Gasteiger partial charge in [-0.15, -0.1) is 0 Å². The molecule has 1 heterocycles. The molecule has 19 heavy (non-hydrogen) atoms. The van der Waals surface area contributed by atoms with Gasteiger partial charge in [0.25, 0.3) is 0 Å². The first-order valence-corrected chi connectivity index (χ1v) is 7.60. The molecule has 5 heteroatoms. The summed E-state index contributed by atoms with van der Waals surface area (Å²) < 4.78 is 12.0. The zero-order valence-electron chi connectivity index (χ0n) is 10.4. The fraction of sp³-hybridized carbons (Fsp3) is 0.214. The van der Waals surface area contributed by atoms with E-state index in [1.807, 2.05) is 30.3 Å². The zero-order chi connectivity index (χ0) is 13.7. The van der Waals surface area contributed by atoms with Crippen molar-refractivity contribution < 1.29 is 9.47 Å². The van der Waals surface area contributed by atoms with Crippen LogP contribution in [0, 0.1) is 0 Å². The van der Waals surface area contributed by atoms with Gasteiger partial charge in [-0.25, -0.2) is 0 Å². The van der Waals surface area contributed by atoms with E-state index in [9.17, 15) is 0 Å². The predicted octanol–water partition coefficient (Wildman–Crippen LogP) is 4.33. The highest BCUT2D eigenvalue weighted by Crippen LogP contribution is 2.27. The topological polar surface area (TPSA) is 31.4 Å². The average molecular weight is 387 g/mol. The summed E-state index contributed by atoms with van der Waals surface area (Å²) in [6.45, 7) is 0.431. The van der Waals surface area contributed by atoms with Crippen molar-refractivity contribution in [3.05, 3.63) is 52.3 Å². The molecular weight excluding hydrogens is 374 g/mol. The fourth-order valence-electron chi connectivity index (χ4n) is 1.55. The molecule has 0 bridgehead atoms. The standard InChI is InChI=1S/C14H13Br2NO2/c1-18-13-5-2-10(7-15)14(6-13)19-9-12-4-3-11(16)8-17-12/h2-6,8H,7,9H2,1H3. The minimum atomic E-state index is 0.431. The Hall–Kier alpha value is -1.07. The maximum absolute atomic E-state index is 5.81. The van der Waals surface area contributed by atoms with Gasteiger partial charge >= 0.3 is 0 Å². The Labute approximate surface area is 129 Å². The predicted molar refractivity (Wildman–Crippen MR) is 81.9 cm³/mol. The van der Waals surface area contributed by atoms with Crippen LogP contribution in [-0.4, -0.2) is 12.1 Å². The van der Waals surface area contributed by atoms with Crippen molar-refractivity contribution in [2.75, 3.05) is 7.11 Å². The first-order chi connectivity index (χ1) is 9.22. The van der Waals surface area contributed by atoms with Crippen LogP contribution in [0.25, 0.3) is 0 Å². The Morgan fingerprint density at radius 2 is 2.05 bits per heavy atom. The van der Waals surface area contributed by atoms with E-state index >= 15 is 0 Å². The Morgan fingerprint density at radius 3 is 2.68 bits per heavy atom. The number of pyridine rings is 1. The first kappa shape index (κ1) is 14.3. The first-order valence-electron chi connectivity index (χ1n) is 5.69. The Balaban J connectivity index is 2.11. The number of benzene rings is 1. The smallest absolute Gasteiger partial charge is 0.130 e. The lowest BCUT2D eigenvalue weighted by Crippen LogP contribution is -2.00. The second-order valence-electron chi connectivity index (χ2n) is 3.86. The fourth-order valence-corrected chi connectivity index (χ4v) is 2.25. The molecule has 0 aliphatic heterocycles. The van der Waals surface area contributed by atoms with Crippen LogP contribution in [0.5, 0.6) is 11.5 Å². The molecule has 0 atom stereocenters. The summed E-state index contributed by atoms with van der Waals surface area (Å²) in [5.41, 5.74) is 1.96. The molecular formula is C14H13Br2NO2. The molecule has 1 aromatic carbocycles. The molecule has 0 fully saturated rings. The molecule has 0 N–H and O–H groups in total. The van der Waals surface area contributed by atoms with Gasteiger partial charge in [-0.2, -0.15) is 0 Å². The maximum atomic E-state index is 5.81. The van der Waals surface area contributed by atoms with Crippen LogP contribution in [0.3, 0.4) is 0 Å². The van der Waals surface area contributed by atoms with E-state index in [0.717, 1.165) is 32.6 Å². The molecule has 3 nitrogen and oxygen atoms in total. The van der Waals surface area contributed by atoms with E-state index < -0.39 is 0 Å². The van der Waals surface area contributed by atoms with Crippen LogP contribution in [0.2, 0.25) is 0 Å². The third kappa shape index (κ3) is 3.94. The van der Waals surface area contributed by atoms with Gasteiger partial charge in [0.2, 0.25) is 0 Å². The van der Waals surface area contributed by atoms with Gasteiger partial charge in [0.15, 0.2) is 0 Å². The lowest BCUT2D eigenvalue weighted by atomic mass is 10.2. The molecule has 0 unspecified atom stereocenters. The SMILES string of the molecule is COc1ccc(CBr)c(OCc2ccc(Br)cn2)c1. The molecule has 0 saturated carbocycles. The van der Waals surface area contributed by atoms with Crippen LogP contribution in [0.1, 0.15) is 11.3 Å². The van der Waals surface area contributed by atoms with Crippen LogP contribution < -0.4 is 9.47 Å². The lowest BCUT2D eigenvalue weighted by molar-refractivity contribution is 0.296. The molecule has 0 amide bonds. The van der Waals surface area contributed by atoms with Crippen LogP contribution >= 0.6 is 31.9 Å². The number of methoxy groups -OCH3 is 1. The summed E-state index contributed by atoms with van der Waals surface area (Å²) in [5, 5.41) is 0.736. The zero-order valence-corrected chi connectivity index (χ0v) is 13.6. The number of aromatic nitrogens is 1. The summed E-state index contributed by atoms with van der Waals surface area (Å²) in [6, 6.07) is 9.66. The highest BCUT2D eigenvalue weighted by Gasteiger charge is 2.06. The number of halogens is 2. The average Bonchev–Trinajstić information content (AvgIpc) is 2.46. The maximum Gasteiger partial charge on any atom is 0.130 e. The second kappa shape index (κ2) is 6.91.